The third-order valence-corrected chi connectivity index (χ3v) is 3.31. The Labute approximate surface area is 109 Å². The molecule has 1 aliphatic rings. The third-order valence-electron chi connectivity index (χ3n) is 3.31. The molecule has 0 amide bonds. The van der Waals surface area contributed by atoms with Crippen molar-refractivity contribution in [2.45, 2.75) is 26.7 Å². The van der Waals surface area contributed by atoms with Gasteiger partial charge in [-0.3, -0.25) is 0 Å². The van der Waals surface area contributed by atoms with Crippen LogP contribution in [0, 0.1) is 0 Å². The van der Waals surface area contributed by atoms with E-state index in [9.17, 15) is 0 Å². The summed E-state index contributed by atoms with van der Waals surface area (Å²) in [4.78, 5) is 0. The van der Waals surface area contributed by atoms with Gasteiger partial charge in [0.15, 0.2) is 0 Å². The van der Waals surface area contributed by atoms with E-state index in [0.717, 1.165) is 23.6 Å². The Balaban J connectivity index is 2.76. The van der Waals surface area contributed by atoms with Gasteiger partial charge >= 0.3 is 0 Å². The van der Waals surface area contributed by atoms with Crippen LogP contribution in [0.4, 0.5) is 0 Å². The van der Waals surface area contributed by atoms with Gasteiger partial charge in [0, 0.05) is 0 Å². The summed E-state index contributed by atoms with van der Waals surface area (Å²) in [6.07, 6.45) is 10.8. The van der Waals surface area contributed by atoms with Gasteiger partial charge in [-0.15, -0.1) is 0 Å². The summed E-state index contributed by atoms with van der Waals surface area (Å²) in [6.45, 7) is 12.5. The second-order valence-electron chi connectivity index (χ2n) is 4.77. The van der Waals surface area contributed by atoms with Gasteiger partial charge in [0.05, 0.1) is 0 Å². The Morgan fingerprint density at radius 1 is 1.39 bits per heavy atom. The number of hydrogen-bond donors (Lipinski definition) is 0. The lowest BCUT2D eigenvalue weighted by Gasteiger charge is -2.15. The molecule has 0 N–H and O–H groups in total. The van der Waals surface area contributed by atoms with Crippen molar-refractivity contribution in [2.24, 2.45) is 0 Å². The van der Waals surface area contributed by atoms with Crippen molar-refractivity contribution in [3.05, 3.63) is 64.1 Å². The fourth-order valence-electron chi connectivity index (χ4n) is 2.48. The number of hydrogen-bond acceptors (Lipinski definition) is 0. The minimum Gasteiger partial charge on any atom is -0.0955 e. The van der Waals surface area contributed by atoms with Gasteiger partial charge in [-0.1, -0.05) is 62.1 Å². The second kappa shape index (κ2) is 5.22. The van der Waals surface area contributed by atoms with Crippen molar-refractivity contribution in [1.82, 2.24) is 0 Å². The van der Waals surface area contributed by atoms with Crippen LogP contribution in [-0.2, 0) is 6.42 Å². The van der Waals surface area contributed by atoms with Gasteiger partial charge < -0.3 is 0 Å². The van der Waals surface area contributed by atoms with E-state index < -0.39 is 0 Å². The van der Waals surface area contributed by atoms with Crippen LogP contribution < -0.4 is 10.4 Å². The Kier molecular flexibility index (Phi) is 3.66. The van der Waals surface area contributed by atoms with E-state index in [1.807, 2.05) is 0 Å². The molecule has 0 atom stereocenters. The minimum absolute atomic E-state index is 0.985. The number of fused-ring (bicyclic) bond motifs is 1. The first kappa shape index (κ1) is 12.6. The predicted octanol–water partition coefficient (Wildman–Crippen LogP) is 3.36. The van der Waals surface area contributed by atoms with Gasteiger partial charge in [0.2, 0.25) is 0 Å². The molecule has 0 saturated heterocycles. The molecular formula is C18H20. The molecule has 0 saturated carbocycles. The molecule has 18 heavy (non-hydrogen) atoms. The quantitative estimate of drug-likeness (QED) is 0.706. The molecule has 0 heterocycles. The van der Waals surface area contributed by atoms with Crippen molar-refractivity contribution in [3.63, 3.8) is 0 Å². The summed E-state index contributed by atoms with van der Waals surface area (Å²) in [5.74, 6) is 0. The van der Waals surface area contributed by atoms with Gasteiger partial charge in [-0.25, -0.2) is 0 Å². The SMILES string of the molecule is C=C(C)/C(=C/CC)c1c2c(ccc1=C)=CC=CC2. The lowest BCUT2D eigenvalue weighted by molar-refractivity contribution is 1.18. The zero-order valence-corrected chi connectivity index (χ0v) is 11.3. The van der Waals surface area contributed by atoms with Crippen LogP contribution >= 0.6 is 0 Å². The molecule has 92 valence electrons. The maximum absolute atomic E-state index is 4.19. The van der Waals surface area contributed by atoms with Crippen molar-refractivity contribution >= 4 is 18.2 Å². The van der Waals surface area contributed by atoms with Crippen LogP contribution in [0.1, 0.15) is 31.4 Å². The zero-order valence-electron chi connectivity index (χ0n) is 11.3. The van der Waals surface area contributed by atoms with E-state index >= 15 is 0 Å². The molecule has 0 radical (unpaired) electrons. The Bertz CT molecular complexity index is 639. The Hall–Kier alpha value is -1.82. The highest BCUT2D eigenvalue weighted by molar-refractivity contribution is 5.80. The summed E-state index contributed by atoms with van der Waals surface area (Å²) in [6, 6.07) is 4.27. The molecule has 0 aliphatic heterocycles. The van der Waals surface area contributed by atoms with E-state index in [0.29, 0.717) is 0 Å². The normalized spacial score (nSPS) is 14.0. The number of rotatable bonds is 3. The van der Waals surface area contributed by atoms with Crippen LogP contribution in [0.15, 0.2) is 42.5 Å². The fourth-order valence-corrected chi connectivity index (χ4v) is 2.48. The van der Waals surface area contributed by atoms with E-state index in [4.69, 9.17) is 0 Å². The zero-order chi connectivity index (χ0) is 13.1. The highest BCUT2D eigenvalue weighted by Crippen LogP contribution is 2.22. The van der Waals surface area contributed by atoms with Gasteiger partial charge in [-0.2, -0.15) is 0 Å². The lowest BCUT2D eigenvalue weighted by Crippen LogP contribution is -2.21. The standard InChI is InChI=1S/C18H20/c1-5-8-16(13(2)3)18-14(4)11-12-15-9-6-7-10-17(15)18/h6-9,11-12H,2,4-5,10H2,1,3H3/b16-8-. The molecular weight excluding hydrogens is 216 g/mol. The monoisotopic (exact) mass is 236 g/mol. The largest absolute Gasteiger partial charge is 0.0955 e. The average Bonchev–Trinajstić information content (AvgIpc) is 2.36. The minimum atomic E-state index is 0.985. The molecule has 0 unspecified atom stereocenters. The van der Waals surface area contributed by atoms with Crippen LogP contribution in [0.25, 0.3) is 18.2 Å². The van der Waals surface area contributed by atoms with Gasteiger partial charge in [0.1, 0.15) is 0 Å². The molecule has 1 aliphatic carbocycles. The molecule has 0 aromatic heterocycles. The number of allylic oxidation sites excluding steroid dienone is 5. The summed E-state index contributed by atoms with van der Waals surface area (Å²) in [5.41, 5.74) is 5.03. The summed E-state index contributed by atoms with van der Waals surface area (Å²) < 4.78 is 0. The van der Waals surface area contributed by atoms with Crippen LogP contribution in [0.5, 0.6) is 0 Å². The van der Waals surface area contributed by atoms with Crippen LogP contribution in [0.2, 0.25) is 0 Å². The first-order chi connectivity index (χ1) is 8.65. The number of benzene rings is 1. The molecule has 0 heteroatoms. The van der Waals surface area contributed by atoms with Gasteiger partial charge in [-0.05, 0) is 46.9 Å². The highest BCUT2D eigenvalue weighted by Gasteiger charge is 2.11. The molecule has 0 fully saturated rings. The highest BCUT2D eigenvalue weighted by atomic mass is 14.1. The summed E-state index contributed by atoms with van der Waals surface area (Å²) in [7, 11) is 0. The van der Waals surface area contributed by atoms with Crippen molar-refractivity contribution in [3.8, 4) is 0 Å². The summed E-state index contributed by atoms with van der Waals surface area (Å²) in [5, 5.41) is 2.41. The van der Waals surface area contributed by atoms with Crippen molar-refractivity contribution in [2.75, 3.05) is 0 Å². The molecule has 0 spiro atoms. The Morgan fingerprint density at radius 2 is 2.17 bits per heavy atom. The van der Waals surface area contributed by atoms with E-state index in [1.54, 1.807) is 0 Å². The average molecular weight is 236 g/mol. The lowest BCUT2D eigenvalue weighted by atomic mass is 9.89. The van der Waals surface area contributed by atoms with Crippen molar-refractivity contribution < 1.29 is 0 Å². The first-order valence-electron chi connectivity index (χ1n) is 6.49. The predicted molar refractivity (Wildman–Crippen MR) is 81.6 cm³/mol. The second-order valence-corrected chi connectivity index (χ2v) is 4.77. The van der Waals surface area contributed by atoms with Gasteiger partial charge in [0.25, 0.3) is 0 Å². The smallest absolute Gasteiger partial charge is 0.00769 e. The molecule has 1 aromatic carbocycles. The molecule has 0 bridgehead atoms. The maximum atomic E-state index is 4.19. The third kappa shape index (κ3) is 2.24. The maximum Gasteiger partial charge on any atom is -0.00769 e. The topological polar surface area (TPSA) is 0 Å². The van der Waals surface area contributed by atoms with Crippen LogP contribution in [-0.4, -0.2) is 0 Å². The van der Waals surface area contributed by atoms with E-state index in [2.05, 4.69) is 63.4 Å². The summed E-state index contributed by atoms with van der Waals surface area (Å²) >= 11 is 0. The fraction of sp³-hybridized carbons (Fsp3) is 0.222. The van der Waals surface area contributed by atoms with Crippen molar-refractivity contribution in [1.29, 1.82) is 0 Å². The van der Waals surface area contributed by atoms with E-state index in [1.165, 1.54) is 21.9 Å². The molecule has 2 rings (SSSR count). The molecule has 0 nitrogen and oxygen atoms in total. The van der Waals surface area contributed by atoms with Crippen LogP contribution in [0.3, 0.4) is 0 Å². The van der Waals surface area contributed by atoms with E-state index in [-0.39, 0.29) is 0 Å². The first-order valence-corrected chi connectivity index (χ1v) is 6.49. The Morgan fingerprint density at radius 3 is 2.83 bits per heavy atom. The molecule has 1 aromatic rings.